The molecule has 1 aromatic heterocycles. The molecule has 3 rings (SSSR count). The van der Waals surface area contributed by atoms with Crippen LogP contribution in [0.3, 0.4) is 0 Å². The maximum atomic E-state index is 4.82. The number of nitrogens with one attached hydrogen (secondary N) is 1. The average Bonchev–Trinajstić information content (AvgIpc) is 2.36. The molecule has 0 bridgehead atoms. The van der Waals surface area contributed by atoms with Crippen LogP contribution in [-0.2, 0) is 12.8 Å². The molecule has 2 nitrogen and oxygen atoms in total. The second-order valence-electron chi connectivity index (χ2n) is 4.53. The molecule has 0 amide bonds. The smallest absolute Gasteiger partial charge is 0.0727 e. The SMILES string of the molecule is CNc1c2c(nc3ccc(I)cc13)CCCC2. The molecule has 0 radical (unpaired) electrons. The molecule has 0 saturated carbocycles. The van der Waals surface area contributed by atoms with E-state index < -0.39 is 0 Å². The van der Waals surface area contributed by atoms with Crippen LogP contribution in [0.2, 0.25) is 0 Å². The molecule has 1 heterocycles. The van der Waals surface area contributed by atoms with E-state index >= 15 is 0 Å². The Balaban J connectivity index is 2.35. The van der Waals surface area contributed by atoms with E-state index in [-0.39, 0.29) is 0 Å². The average molecular weight is 338 g/mol. The van der Waals surface area contributed by atoms with Gasteiger partial charge in [0.15, 0.2) is 0 Å². The monoisotopic (exact) mass is 338 g/mol. The highest BCUT2D eigenvalue weighted by molar-refractivity contribution is 14.1. The molecule has 0 fully saturated rings. The van der Waals surface area contributed by atoms with Crippen LogP contribution < -0.4 is 5.32 Å². The lowest BCUT2D eigenvalue weighted by atomic mass is 9.93. The van der Waals surface area contributed by atoms with E-state index in [0.717, 1.165) is 11.9 Å². The van der Waals surface area contributed by atoms with Crippen molar-refractivity contribution in [1.29, 1.82) is 0 Å². The van der Waals surface area contributed by atoms with E-state index in [1.165, 1.54) is 45.2 Å². The second-order valence-corrected chi connectivity index (χ2v) is 5.78. The van der Waals surface area contributed by atoms with E-state index in [9.17, 15) is 0 Å². The zero-order valence-electron chi connectivity index (χ0n) is 9.89. The van der Waals surface area contributed by atoms with Crippen molar-refractivity contribution < 1.29 is 0 Å². The number of hydrogen-bond acceptors (Lipinski definition) is 2. The van der Waals surface area contributed by atoms with Crippen LogP contribution in [0, 0.1) is 3.57 Å². The number of hydrogen-bond donors (Lipinski definition) is 1. The van der Waals surface area contributed by atoms with E-state index in [2.05, 4.69) is 46.1 Å². The number of rotatable bonds is 1. The lowest BCUT2D eigenvalue weighted by Crippen LogP contribution is -2.09. The molecule has 2 aromatic rings. The van der Waals surface area contributed by atoms with Gasteiger partial charge in [-0.3, -0.25) is 4.98 Å². The van der Waals surface area contributed by atoms with Gasteiger partial charge in [0.05, 0.1) is 5.52 Å². The third-order valence-corrected chi connectivity index (χ3v) is 4.14. The van der Waals surface area contributed by atoms with Gasteiger partial charge in [0, 0.05) is 27.4 Å². The van der Waals surface area contributed by atoms with E-state index in [1.807, 2.05) is 7.05 Å². The minimum absolute atomic E-state index is 1.12. The second kappa shape index (κ2) is 4.44. The van der Waals surface area contributed by atoms with Crippen molar-refractivity contribution in [2.75, 3.05) is 12.4 Å². The third-order valence-electron chi connectivity index (χ3n) is 3.47. The Morgan fingerprint density at radius 3 is 2.88 bits per heavy atom. The van der Waals surface area contributed by atoms with E-state index in [1.54, 1.807) is 0 Å². The Hall–Kier alpha value is -0.840. The predicted octanol–water partition coefficient (Wildman–Crippen LogP) is 3.76. The van der Waals surface area contributed by atoms with Crippen LogP contribution >= 0.6 is 22.6 Å². The summed E-state index contributed by atoms with van der Waals surface area (Å²) in [5, 5.41) is 4.65. The molecule has 1 aliphatic rings. The summed E-state index contributed by atoms with van der Waals surface area (Å²) in [4.78, 5) is 4.82. The highest BCUT2D eigenvalue weighted by Gasteiger charge is 2.17. The summed E-state index contributed by atoms with van der Waals surface area (Å²) in [6.45, 7) is 0. The van der Waals surface area contributed by atoms with Crippen molar-refractivity contribution in [2.45, 2.75) is 25.7 Å². The van der Waals surface area contributed by atoms with Gasteiger partial charge in [-0.15, -0.1) is 0 Å². The highest BCUT2D eigenvalue weighted by Crippen LogP contribution is 2.33. The summed E-state index contributed by atoms with van der Waals surface area (Å²) in [6.07, 6.45) is 4.86. The fraction of sp³-hybridized carbons (Fsp3) is 0.357. The Morgan fingerprint density at radius 2 is 2.06 bits per heavy atom. The summed E-state index contributed by atoms with van der Waals surface area (Å²) >= 11 is 2.36. The molecular formula is C14H15IN2. The summed E-state index contributed by atoms with van der Waals surface area (Å²) in [7, 11) is 2.02. The van der Waals surface area contributed by atoms with Crippen molar-refractivity contribution in [1.82, 2.24) is 4.98 Å². The number of aromatic nitrogens is 1. The van der Waals surface area contributed by atoms with Crippen molar-refractivity contribution in [3.05, 3.63) is 33.0 Å². The quantitative estimate of drug-likeness (QED) is 0.801. The number of aryl methyl sites for hydroxylation is 1. The summed E-state index contributed by atoms with van der Waals surface area (Å²) in [6, 6.07) is 6.49. The van der Waals surface area contributed by atoms with Crippen LogP contribution in [0.25, 0.3) is 10.9 Å². The fourth-order valence-corrected chi connectivity index (χ4v) is 3.17. The first-order valence-corrected chi connectivity index (χ1v) is 7.16. The number of benzene rings is 1. The van der Waals surface area contributed by atoms with E-state index in [0.29, 0.717) is 0 Å². The lowest BCUT2D eigenvalue weighted by Gasteiger charge is -2.20. The third kappa shape index (κ3) is 1.90. The largest absolute Gasteiger partial charge is 0.387 e. The number of fused-ring (bicyclic) bond motifs is 2. The van der Waals surface area contributed by atoms with Crippen LogP contribution in [0.5, 0.6) is 0 Å². The van der Waals surface area contributed by atoms with Gasteiger partial charge in [0.1, 0.15) is 0 Å². The predicted molar refractivity (Wildman–Crippen MR) is 80.6 cm³/mol. The van der Waals surface area contributed by atoms with Gasteiger partial charge >= 0.3 is 0 Å². The molecule has 0 unspecified atom stereocenters. The normalized spacial score (nSPS) is 14.7. The Labute approximate surface area is 115 Å². The van der Waals surface area contributed by atoms with Gasteiger partial charge in [-0.25, -0.2) is 0 Å². The van der Waals surface area contributed by atoms with Crippen molar-refractivity contribution >= 4 is 39.2 Å². The van der Waals surface area contributed by atoms with Crippen LogP contribution in [0.1, 0.15) is 24.1 Å². The first-order chi connectivity index (χ1) is 8.29. The first kappa shape index (κ1) is 11.3. The first-order valence-electron chi connectivity index (χ1n) is 6.08. The minimum Gasteiger partial charge on any atom is -0.387 e. The van der Waals surface area contributed by atoms with Gasteiger partial charge in [-0.05, 0) is 72.0 Å². The Bertz CT molecular complexity index is 578. The molecule has 0 spiro atoms. The number of pyridine rings is 1. The topological polar surface area (TPSA) is 24.9 Å². The molecule has 88 valence electrons. The maximum absolute atomic E-state index is 4.82. The summed E-state index contributed by atoms with van der Waals surface area (Å²) < 4.78 is 1.27. The zero-order valence-corrected chi connectivity index (χ0v) is 12.0. The highest BCUT2D eigenvalue weighted by atomic mass is 127. The number of nitrogens with zero attached hydrogens (tertiary/aromatic N) is 1. The summed E-state index contributed by atoms with van der Waals surface area (Å²) in [5.74, 6) is 0. The molecule has 0 atom stereocenters. The van der Waals surface area contributed by atoms with Gasteiger partial charge in [-0.1, -0.05) is 0 Å². The molecule has 0 aliphatic heterocycles. The fourth-order valence-electron chi connectivity index (χ4n) is 2.68. The van der Waals surface area contributed by atoms with Crippen LogP contribution in [0.4, 0.5) is 5.69 Å². The maximum Gasteiger partial charge on any atom is 0.0727 e. The van der Waals surface area contributed by atoms with Crippen molar-refractivity contribution in [3.63, 3.8) is 0 Å². The molecule has 1 aromatic carbocycles. The molecule has 1 aliphatic carbocycles. The molecule has 1 N–H and O–H groups in total. The van der Waals surface area contributed by atoms with Gasteiger partial charge in [-0.2, -0.15) is 0 Å². The van der Waals surface area contributed by atoms with Crippen LogP contribution in [-0.4, -0.2) is 12.0 Å². The van der Waals surface area contributed by atoms with Gasteiger partial charge < -0.3 is 5.32 Å². The Kier molecular flexibility index (Phi) is 2.94. The zero-order chi connectivity index (χ0) is 11.8. The minimum atomic E-state index is 1.12. The van der Waals surface area contributed by atoms with Gasteiger partial charge in [0.2, 0.25) is 0 Å². The van der Waals surface area contributed by atoms with Crippen molar-refractivity contribution in [2.24, 2.45) is 0 Å². The summed E-state index contributed by atoms with van der Waals surface area (Å²) in [5.41, 5.74) is 5.15. The van der Waals surface area contributed by atoms with Crippen LogP contribution in [0.15, 0.2) is 18.2 Å². The number of halogens is 1. The Morgan fingerprint density at radius 1 is 1.24 bits per heavy atom. The number of anilines is 1. The van der Waals surface area contributed by atoms with Crippen molar-refractivity contribution in [3.8, 4) is 0 Å². The molecule has 3 heteroatoms. The lowest BCUT2D eigenvalue weighted by molar-refractivity contribution is 0.672. The molecule has 0 saturated heterocycles. The standard InChI is InChI=1S/C14H15IN2/c1-16-14-10-4-2-3-5-12(10)17-13-7-6-9(15)8-11(13)14/h6-8H,2-5H2,1H3,(H,16,17). The van der Waals surface area contributed by atoms with E-state index in [4.69, 9.17) is 4.98 Å². The molecule has 17 heavy (non-hydrogen) atoms. The van der Waals surface area contributed by atoms with Gasteiger partial charge in [0.25, 0.3) is 0 Å². The molecular weight excluding hydrogens is 323 g/mol.